The number of alkyl halides is 1. The van der Waals surface area contributed by atoms with Crippen molar-refractivity contribution in [2.45, 2.75) is 65.6 Å². The van der Waals surface area contributed by atoms with Crippen LogP contribution in [0.5, 0.6) is 0 Å². The maximum absolute atomic E-state index is 12.7. The molecule has 2 amide bonds. The Balaban J connectivity index is 2.33. The van der Waals surface area contributed by atoms with Crippen LogP contribution in [0.2, 0.25) is 0 Å². The van der Waals surface area contributed by atoms with Gasteiger partial charge in [-0.3, -0.25) is 9.59 Å². The summed E-state index contributed by atoms with van der Waals surface area (Å²) in [6.45, 7) is 8.33. The number of rotatable bonds is 8. The van der Waals surface area contributed by atoms with Gasteiger partial charge >= 0.3 is 0 Å². The summed E-state index contributed by atoms with van der Waals surface area (Å²) in [5.41, 5.74) is 0. The quantitative estimate of drug-likeness (QED) is 0.723. The molecular weight excluding hydrogens is 271 g/mol. The highest BCUT2D eigenvalue weighted by Gasteiger charge is 2.29. The molecule has 122 valence electrons. The fraction of sp³-hybridized carbons (Fsp3) is 0.875. The third-order valence-electron chi connectivity index (χ3n) is 3.89. The first-order chi connectivity index (χ1) is 9.79. The predicted octanol–water partition coefficient (Wildman–Crippen LogP) is 2.43. The van der Waals surface area contributed by atoms with Crippen LogP contribution in [0.4, 0.5) is 4.39 Å². The number of carbonyl (C=O) groups is 2. The fourth-order valence-electron chi connectivity index (χ4n) is 2.54. The highest BCUT2D eigenvalue weighted by Crippen LogP contribution is 2.32. The summed E-state index contributed by atoms with van der Waals surface area (Å²) >= 11 is 0. The minimum atomic E-state index is -0.649. The molecule has 0 saturated heterocycles. The van der Waals surface area contributed by atoms with Crippen molar-refractivity contribution in [1.82, 2.24) is 10.6 Å². The van der Waals surface area contributed by atoms with Crippen LogP contribution in [-0.2, 0) is 9.59 Å². The van der Waals surface area contributed by atoms with Crippen molar-refractivity contribution in [2.24, 2.45) is 17.8 Å². The van der Waals surface area contributed by atoms with Crippen LogP contribution in [0.15, 0.2) is 0 Å². The van der Waals surface area contributed by atoms with E-state index in [9.17, 15) is 14.0 Å². The van der Waals surface area contributed by atoms with Crippen LogP contribution in [0, 0.1) is 17.8 Å². The molecule has 0 spiro atoms. The molecule has 0 radical (unpaired) electrons. The first-order valence-electron chi connectivity index (χ1n) is 8.00. The van der Waals surface area contributed by atoms with E-state index in [2.05, 4.69) is 10.6 Å². The summed E-state index contributed by atoms with van der Waals surface area (Å²) in [6, 6.07) is -0.494. The van der Waals surface area contributed by atoms with Crippen LogP contribution in [0.3, 0.4) is 0 Å². The molecule has 1 aliphatic rings. The molecule has 0 aromatic carbocycles. The molecule has 1 rings (SSSR count). The minimum absolute atomic E-state index is 0.0417. The molecule has 4 nitrogen and oxygen atoms in total. The van der Waals surface area contributed by atoms with Crippen LogP contribution in [-0.4, -0.2) is 30.6 Å². The van der Waals surface area contributed by atoms with Gasteiger partial charge in [-0.15, -0.1) is 0 Å². The molecule has 0 aromatic heterocycles. The number of nitrogens with one attached hydrogen (secondary N) is 2. The van der Waals surface area contributed by atoms with E-state index in [-0.39, 0.29) is 23.7 Å². The number of hydrogen-bond acceptors (Lipinski definition) is 2. The molecule has 1 fully saturated rings. The van der Waals surface area contributed by atoms with E-state index in [1.54, 1.807) is 0 Å². The lowest BCUT2D eigenvalue weighted by atomic mass is 9.81. The van der Waals surface area contributed by atoms with Gasteiger partial charge in [-0.05, 0) is 37.0 Å². The molecule has 1 atom stereocenters. The Bertz CT molecular complexity index is 352. The lowest BCUT2D eigenvalue weighted by Gasteiger charge is -2.30. The second kappa shape index (κ2) is 8.35. The number of carbonyl (C=O) groups excluding carboxylic acids is 2. The van der Waals surface area contributed by atoms with Gasteiger partial charge in [-0.2, -0.15) is 0 Å². The molecule has 1 unspecified atom stereocenters. The van der Waals surface area contributed by atoms with Crippen molar-refractivity contribution in [3.63, 3.8) is 0 Å². The van der Waals surface area contributed by atoms with E-state index in [4.69, 9.17) is 0 Å². The van der Waals surface area contributed by atoms with E-state index in [1.165, 1.54) is 0 Å². The van der Waals surface area contributed by atoms with Gasteiger partial charge in [-0.1, -0.05) is 27.7 Å². The molecule has 0 aromatic rings. The Morgan fingerprint density at radius 3 is 2.29 bits per heavy atom. The standard InChI is InChI=1S/C16H29FN2O2/c1-10(2)7-14(20)19-15(11(3)4)16(21)18-6-5-12-8-13(17)9-12/h10-13,15H,5-9H2,1-4H3,(H,18,21)(H,19,20). The predicted molar refractivity (Wildman–Crippen MR) is 81.5 cm³/mol. The lowest BCUT2D eigenvalue weighted by molar-refractivity contribution is -0.130. The first kappa shape index (κ1) is 17.9. The van der Waals surface area contributed by atoms with Crippen molar-refractivity contribution in [2.75, 3.05) is 6.54 Å². The molecule has 2 N–H and O–H groups in total. The van der Waals surface area contributed by atoms with Gasteiger partial charge in [0.25, 0.3) is 0 Å². The summed E-state index contributed by atoms with van der Waals surface area (Å²) in [6.07, 6.45) is 1.83. The number of halogens is 1. The zero-order valence-corrected chi connectivity index (χ0v) is 13.6. The monoisotopic (exact) mass is 300 g/mol. The van der Waals surface area contributed by atoms with Crippen molar-refractivity contribution >= 4 is 11.8 Å². The van der Waals surface area contributed by atoms with Crippen LogP contribution < -0.4 is 10.6 Å². The van der Waals surface area contributed by atoms with Gasteiger partial charge in [-0.25, -0.2) is 4.39 Å². The molecule has 21 heavy (non-hydrogen) atoms. The lowest BCUT2D eigenvalue weighted by Crippen LogP contribution is -2.50. The molecule has 0 bridgehead atoms. The molecule has 1 saturated carbocycles. The van der Waals surface area contributed by atoms with Crippen molar-refractivity contribution in [1.29, 1.82) is 0 Å². The Labute approximate surface area is 127 Å². The van der Waals surface area contributed by atoms with Crippen LogP contribution in [0.25, 0.3) is 0 Å². The topological polar surface area (TPSA) is 58.2 Å². The Morgan fingerprint density at radius 1 is 1.19 bits per heavy atom. The Hall–Kier alpha value is -1.13. The van der Waals surface area contributed by atoms with Gasteiger partial charge in [0.15, 0.2) is 0 Å². The second-order valence-corrected chi connectivity index (χ2v) is 6.90. The van der Waals surface area contributed by atoms with Gasteiger partial charge in [0.05, 0.1) is 0 Å². The summed E-state index contributed by atoms with van der Waals surface area (Å²) in [5.74, 6) is 0.484. The second-order valence-electron chi connectivity index (χ2n) is 6.90. The van der Waals surface area contributed by atoms with E-state index in [1.807, 2.05) is 27.7 Å². The minimum Gasteiger partial charge on any atom is -0.354 e. The van der Waals surface area contributed by atoms with Gasteiger partial charge in [0.1, 0.15) is 12.2 Å². The molecular formula is C16H29FN2O2. The van der Waals surface area contributed by atoms with Crippen LogP contribution >= 0.6 is 0 Å². The molecule has 1 aliphatic carbocycles. The third-order valence-corrected chi connectivity index (χ3v) is 3.89. The SMILES string of the molecule is CC(C)CC(=O)NC(C(=O)NCCC1CC(F)C1)C(C)C. The van der Waals surface area contributed by atoms with Crippen molar-refractivity contribution < 1.29 is 14.0 Å². The first-order valence-corrected chi connectivity index (χ1v) is 8.00. The smallest absolute Gasteiger partial charge is 0.242 e. The average molecular weight is 300 g/mol. The largest absolute Gasteiger partial charge is 0.354 e. The highest BCUT2D eigenvalue weighted by atomic mass is 19.1. The summed E-state index contributed by atoms with van der Waals surface area (Å²) in [5, 5.41) is 5.67. The van der Waals surface area contributed by atoms with E-state index in [0.29, 0.717) is 31.7 Å². The normalized spacial score (nSPS) is 22.8. The third kappa shape index (κ3) is 6.44. The average Bonchev–Trinajstić information content (AvgIpc) is 2.32. The Kier molecular flexibility index (Phi) is 7.12. The maximum atomic E-state index is 12.7. The summed E-state index contributed by atoms with van der Waals surface area (Å²) in [7, 11) is 0. The fourth-order valence-corrected chi connectivity index (χ4v) is 2.54. The van der Waals surface area contributed by atoms with Crippen molar-refractivity contribution in [3.8, 4) is 0 Å². The zero-order valence-electron chi connectivity index (χ0n) is 13.6. The zero-order chi connectivity index (χ0) is 16.0. The highest BCUT2D eigenvalue weighted by molar-refractivity contribution is 5.87. The van der Waals surface area contributed by atoms with Gasteiger partial charge in [0.2, 0.25) is 11.8 Å². The van der Waals surface area contributed by atoms with Gasteiger partial charge < -0.3 is 10.6 Å². The number of hydrogen-bond donors (Lipinski definition) is 2. The van der Waals surface area contributed by atoms with E-state index >= 15 is 0 Å². The summed E-state index contributed by atoms with van der Waals surface area (Å²) < 4.78 is 12.7. The van der Waals surface area contributed by atoms with Gasteiger partial charge in [0, 0.05) is 13.0 Å². The molecule has 0 heterocycles. The number of amides is 2. The summed E-state index contributed by atoms with van der Waals surface area (Å²) in [4.78, 5) is 24.0. The van der Waals surface area contributed by atoms with Crippen LogP contribution in [0.1, 0.15) is 53.4 Å². The Morgan fingerprint density at radius 2 is 1.81 bits per heavy atom. The molecule has 5 heteroatoms. The van der Waals surface area contributed by atoms with Crippen molar-refractivity contribution in [3.05, 3.63) is 0 Å². The van der Waals surface area contributed by atoms with E-state index in [0.717, 1.165) is 6.42 Å². The maximum Gasteiger partial charge on any atom is 0.242 e. The van der Waals surface area contributed by atoms with E-state index < -0.39 is 12.2 Å². The molecule has 0 aliphatic heterocycles.